The van der Waals surface area contributed by atoms with Crippen molar-refractivity contribution in [1.82, 2.24) is 9.78 Å². The minimum Gasteiger partial charge on any atom is -0.478 e. The maximum absolute atomic E-state index is 12.7. The number of nitrogens with zero attached hydrogens (tertiary/aromatic N) is 2. The first-order chi connectivity index (χ1) is 8.79. The van der Waals surface area contributed by atoms with Crippen LogP contribution in [0.15, 0.2) is 30.6 Å². The fourth-order valence-electron chi connectivity index (χ4n) is 1.54. The second-order valence-electron chi connectivity index (χ2n) is 3.64. The molecule has 0 fully saturated rings. The standard InChI is InChI=1S/C11H6F3IN2O2/c12-11(13,14)9-2-1-7(3-8(9)10(18)19)17-5-6(15)4-16-17/h1-5H,(H,18,19). The van der Waals surface area contributed by atoms with Crippen LogP contribution in [0.25, 0.3) is 5.69 Å². The molecule has 0 aliphatic carbocycles. The van der Waals surface area contributed by atoms with Crippen LogP contribution < -0.4 is 0 Å². The summed E-state index contributed by atoms with van der Waals surface area (Å²) in [6, 6.07) is 2.87. The van der Waals surface area contributed by atoms with Crippen molar-refractivity contribution >= 4 is 28.6 Å². The third-order valence-electron chi connectivity index (χ3n) is 2.35. The molecule has 0 aliphatic rings. The number of rotatable bonds is 2. The van der Waals surface area contributed by atoms with Crippen molar-refractivity contribution in [2.24, 2.45) is 0 Å². The van der Waals surface area contributed by atoms with Crippen LogP contribution in [-0.2, 0) is 6.18 Å². The summed E-state index contributed by atoms with van der Waals surface area (Å²) in [6.07, 6.45) is -1.61. The number of alkyl halides is 3. The van der Waals surface area contributed by atoms with Crippen molar-refractivity contribution in [3.63, 3.8) is 0 Å². The van der Waals surface area contributed by atoms with E-state index in [-0.39, 0.29) is 5.69 Å². The Kier molecular flexibility index (Phi) is 3.52. The summed E-state index contributed by atoms with van der Waals surface area (Å²) in [7, 11) is 0. The zero-order valence-corrected chi connectivity index (χ0v) is 11.3. The van der Waals surface area contributed by atoms with Gasteiger partial charge in [-0.2, -0.15) is 18.3 Å². The van der Waals surface area contributed by atoms with Gasteiger partial charge in [0.1, 0.15) is 0 Å². The van der Waals surface area contributed by atoms with Crippen LogP contribution in [0.2, 0.25) is 0 Å². The average Bonchev–Trinajstić information content (AvgIpc) is 2.74. The fraction of sp³-hybridized carbons (Fsp3) is 0.0909. The molecule has 19 heavy (non-hydrogen) atoms. The summed E-state index contributed by atoms with van der Waals surface area (Å²) in [4.78, 5) is 10.9. The number of aromatic carboxylic acids is 1. The molecule has 1 aromatic heterocycles. The summed E-state index contributed by atoms with van der Waals surface area (Å²) in [5.74, 6) is -1.63. The highest BCUT2D eigenvalue weighted by Gasteiger charge is 2.35. The second-order valence-corrected chi connectivity index (χ2v) is 4.88. The molecule has 0 amide bonds. The van der Waals surface area contributed by atoms with Crippen LogP contribution in [0.3, 0.4) is 0 Å². The summed E-state index contributed by atoms with van der Waals surface area (Å²) in [5, 5.41) is 12.8. The van der Waals surface area contributed by atoms with E-state index >= 15 is 0 Å². The van der Waals surface area contributed by atoms with E-state index in [0.29, 0.717) is 0 Å². The van der Waals surface area contributed by atoms with Crippen LogP contribution in [0, 0.1) is 3.57 Å². The highest BCUT2D eigenvalue weighted by molar-refractivity contribution is 14.1. The molecule has 2 aromatic rings. The molecule has 0 spiro atoms. The van der Waals surface area contributed by atoms with Crippen molar-refractivity contribution in [3.8, 4) is 5.69 Å². The molecular formula is C11H6F3IN2O2. The summed E-state index contributed by atoms with van der Waals surface area (Å²) < 4.78 is 40.1. The normalized spacial score (nSPS) is 11.6. The minimum absolute atomic E-state index is 0.258. The molecule has 1 N–H and O–H groups in total. The van der Waals surface area contributed by atoms with Crippen LogP contribution in [-0.4, -0.2) is 20.9 Å². The van der Waals surface area contributed by atoms with Crippen molar-refractivity contribution < 1.29 is 23.1 Å². The smallest absolute Gasteiger partial charge is 0.417 e. The summed E-state index contributed by atoms with van der Waals surface area (Å²) in [6.45, 7) is 0. The van der Waals surface area contributed by atoms with Gasteiger partial charge < -0.3 is 5.11 Å². The van der Waals surface area contributed by atoms with Gasteiger partial charge in [0, 0.05) is 6.20 Å². The number of carbonyl (C=O) groups is 1. The molecule has 4 nitrogen and oxygen atoms in total. The molecule has 0 radical (unpaired) electrons. The van der Waals surface area contributed by atoms with Gasteiger partial charge in [0.25, 0.3) is 0 Å². The lowest BCUT2D eigenvalue weighted by Crippen LogP contribution is -2.13. The van der Waals surface area contributed by atoms with E-state index in [2.05, 4.69) is 5.10 Å². The van der Waals surface area contributed by atoms with Gasteiger partial charge in [-0.1, -0.05) is 0 Å². The zero-order valence-electron chi connectivity index (χ0n) is 9.15. The van der Waals surface area contributed by atoms with E-state index in [1.54, 1.807) is 6.20 Å². The van der Waals surface area contributed by atoms with E-state index in [4.69, 9.17) is 5.11 Å². The van der Waals surface area contributed by atoms with Crippen LogP contribution >= 0.6 is 22.6 Å². The van der Waals surface area contributed by atoms with Gasteiger partial charge in [0.2, 0.25) is 0 Å². The summed E-state index contributed by atoms with van der Waals surface area (Å²) in [5.41, 5.74) is -1.71. The number of carboxylic acids is 1. The number of carboxylic acid groups (broad SMARTS) is 1. The van der Waals surface area contributed by atoms with Crippen molar-refractivity contribution in [3.05, 3.63) is 45.3 Å². The molecule has 0 saturated heterocycles. The predicted molar refractivity (Wildman–Crippen MR) is 68.2 cm³/mol. The first-order valence-corrected chi connectivity index (χ1v) is 6.02. The highest BCUT2D eigenvalue weighted by Crippen LogP contribution is 2.33. The van der Waals surface area contributed by atoms with Gasteiger partial charge in [-0.05, 0) is 40.8 Å². The minimum atomic E-state index is -4.70. The zero-order chi connectivity index (χ0) is 14.2. The van der Waals surface area contributed by atoms with Gasteiger partial charge in [-0.25, -0.2) is 9.48 Å². The van der Waals surface area contributed by atoms with E-state index in [1.165, 1.54) is 16.9 Å². The Balaban J connectivity index is 2.57. The molecule has 0 aliphatic heterocycles. The largest absolute Gasteiger partial charge is 0.478 e. The molecule has 0 bridgehead atoms. The molecule has 1 heterocycles. The molecule has 1 aromatic carbocycles. The number of benzene rings is 1. The third kappa shape index (κ3) is 2.88. The Hall–Kier alpha value is -1.58. The van der Waals surface area contributed by atoms with Crippen molar-refractivity contribution in [1.29, 1.82) is 0 Å². The van der Waals surface area contributed by atoms with Crippen LogP contribution in [0.5, 0.6) is 0 Å². The monoisotopic (exact) mass is 382 g/mol. The number of aromatic nitrogens is 2. The number of halogens is 4. The van der Waals surface area contributed by atoms with Gasteiger partial charge in [0.05, 0.1) is 26.6 Å². The Morgan fingerprint density at radius 3 is 2.53 bits per heavy atom. The van der Waals surface area contributed by atoms with Crippen molar-refractivity contribution in [2.75, 3.05) is 0 Å². The van der Waals surface area contributed by atoms with E-state index in [0.717, 1.165) is 15.7 Å². The van der Waals surface area contributed by atoms with E-state index < -0.39 is 23.3 Å². The Bertz CT molecular complexity index is 637. The van der Waals surface area contributed by atoms with Crippen molar-refractivity contribution in [2.45, 2.75) is 6.18 Å². The molecular weight excluding hydrogens is 376 g/mol. The molecule has 2 rings (SSSR count). The average molecular weight is 382 g/mol. The maximum atomic E-state index is 12.7. The SMILES string of the molecule is O=C(O)c1cc(-n2cc(I)cn2)ccc1C(F)(F)F. The van der Waals surface area contributed by atoms with Gasteiger partial charge >= 0.3 is 12.1 Å². The Morgan fingerprint density at radius 2 is 2.05 bits per heavy atom. The lowest BCUT2D eigenvalue weighted by Gasteiger charge is -2.11. The number of hydrogen-bond acceptors (Lipinski definition) is 2. The highest BCUT2D eigenvalue weighted by atomic mass is 127. The van der Waals surface area contributed by atoms with Crippen LogP contribution in [0.4, 0.5) is 13.2 Å². The predicted octanol–water partition coefficient (Wildman–Crippen LogP) is 3.19. The lowest BCUT2D eigenvalue weighted by atomic mass is 10.1. The third-order valence-corrected chi connectivity index (χ3v) is 2.91. The van der Waals surface area contributed by atoms with E-state index in [1.807, 2.05) is 22.6 Å². The lowest BCUT2D eigenvalue weighted by molar-refractivity contribution is -0.138. The quantitative estimate of drug-likeness (QED) is 0.812. The summed E-state index contributed by atoms with van der Waals surface area (Å²) >= 11 is 1.99. The second kappa shape index (κ2) is 4.83. The first kappa shape index (κ1) is 13.8. The van der Waals surface area contributed by atoms with Gasteiger partial charge in [-0.3, -0.25) is 0 Å². The molecule has 8 heteroatoms. The molecule has 100 valence electrons. The maximum Gasteiger partial charge on any atom is 0.417 e. The number of hydrogen-bond donors (Lipinski definition) is 1. The van der Waals surface area contributed by atoms with Gasteiger partial charge in [-0.15, -0.1) is 0 Å². The Morgan fingerprint density at radius 1 is 1.37 bits per heavy atom. The first-order valence-electron chi connectivity index (χ1n) is 4.94. The fourth-order valence-corrected chi connectivity index (χ4v) is 1.93. The van der Waals surface area contributed by atoms with Gasteiger partial charge in [0.15, 0.2) is 0 Å². The van der Waals surface area contributed by atoms with Crippen LogP contribution in [0.1, 0.15) is 15.9 Å². The molecule has 0 atom stereocenters. The van der Waals surface area contributed by atoms with E-state index in [9.17, 15) is 18.0 Å². The topological polar surface area (TPSA) is 55.1 Å². The molecule has 0 saturated carbocycles. The molecule has 0 unspecified atom stereocenters. The Labute approximate surface area is 119 Å².